The lowest BCUT2D eigenvalue weighted by Gasteiger charge is -2.16. The Bertz CT molecular complexity index is 704. The van der Waals surface area contributed by atoms with E-state index < -0.39 is 0 Å². The van der Waals surface area contributed by atoms with Crippen molar-refractivity contribution >= 4 is 5.91 Å². The summed E-state index contributed by atoms with van der Waals surface area (Å²) in [4.78, 5) is 12.5. The van der Waals surface area contributed by atoms with E-state index in [2.05, 4.69) is 43.1 Å². The molecule has 2 aromatic rings. The fraction of sp³-hybridized carbons (Fsp3) is 0.286. The van der Waals surface area contributed by atoms with Crippen LogP contribution in [0.3, 0.4) is 0 Å². The minimum Gasteiger partial charge on any atom is -0.496 e. The average molecular weight is 323 g/mol. The van der Waals surface area contributed by atoms with Gasteiger partial charge in [0.2, 0.25) is 0 Å². The first-order valence-corrected chi connectivity index (χ1v) is 8.26. The molecule has 0 fully saturated rings. The Labute approximate surface area is 144 Å². The van der Waals surface area contributed by atoms with Crippen molar-refractivity contribution < 1.29 is 9.53 Å². The van der Waals surface area contributed by atoms with Crippen LogP contribution < -0.4 is 10.1 Å². The minimum atomic E-state index is -0.0879. The standard InChI is InChI=1S/C21H25NO2/c1-5-7-18-14-19(12-13-20(18)24-4)21(23)22-15(3)17-10-8-16(6-2)9-11-17/h5,8-15H,1,6-7H2,2-4H3,(H,22,23)/t15-/m1/s1. The average Bonchev–Trinajstić information content (AvgIpc) is 2.62. The molecule has 1 N–H and O–H groups in total. The van der Waals surface area contributed by atoms with E-state index in [1.807, 2.05) is 19.1 Å². The largest absolute Gasteiger partial charge is 0.496 e. The van der Waals surface area contributed by atoms with E-state index in [0.29, 0.717) is 12.0 Å². The zero-order valence-electron chi connectivity index (χ0n) is 14.6. The summed E-state index contributed by atoms with van der Waals surface area (Å²) in [5.41, 5.74) is 3.98. The molecule has 0 aromatic heterocycles. The van der Waals surface area contributed by atoms with E-state index >= 15 is 0 Å². The third-order valence-electron chi connectivity index (χ3n) is 4.14. The van der Waals surface area contributed by atoms with E-state index in [0.717, 1.165) is 23.3 Å². The Morgan fingerprint density at radius 3 is 2.54 bits per heavy atom. The summed E-state index contributed by atoms with van der Waals surface area (Å²) in [6.45, 7) is 7.87. The van der Waals surface area contributed by atoms with Crippen molar-refractivity contribution in [2.45, 2.75) is 32.7 Å². The predicted molar refractivity (Wildman–Crippen MR) is 98.6 cm³/mol. The summed E-state index contributed by atoms with van der Waals surface area (Å²) in [5.74, 6) is 0.685. The summed E-state index contributed by atoms with van der Waals surface area (Å²) in [6.07, 6.45) is 3.48. The molecule has 2 rings (SSSR count). The first-order chi connectivity index (χ1) is 11.6. The zero-order valence-corrected chi connectivity index (χ0v) is 14.6. The third-order valence-corrected chi connectivity index (χ3v) is 4.14. The van der Waals surface area contributed by atoms with Crippen molar-refractivity contribution in [1.29, 1.82) is 0 Å². The highest BCUT2D eigenvalue weighted by molar-refractivity contribution is 5.94. The second-order valence-electron chi connectivity index (χ2n) is 5.81. The lowest BCUT2D eigenvalue weighted by atomic mass is 10.0. The van der Waals surface area contributed by atoms with Crippen LogP contribution in [0.5, 0.6) is 5.75 Å². The fourth-order valence-electron chi connectivity index (χ4n) is 2.64. The van der Waals surface area contributed by atoms with Gasteiger partial charge in [-0.05, 0) is 54.7 Å². The molecule has 0 aliphatic heterocycles. The van der Waals surface area contributed by atoms with Crippen molar-refractivity contribution in [3.63, 3.8) is 0 Å². The van der Waals surface area contributed by atoms with Crippen molar-refractivity contribution in [1.82, 2.24) is 5.32 Å². The minimum absolute atomic E-state index is 0.0478. The number of ether oxygens (including phenoxy) is 1. The van der Waals surface area contributed by atoms with E-state index in [1.165, 1.54) is 5.56 Å². The first-order valence-electron chi connectivity index (χ1n) is 8.26. The highest BCUT2D eigenvalue weighted by Crippen LogP contribution is 2.21. The highest BCUT2D eigenvalue weighted by Gasteiger charge is 2.13. The van der Waals surface area contributed by atoms with Gasteiger partial charge in [-0.25, -0.2) is 0 Å². The normalized spacial score (nSPS) is 11.6. The van der Waals surface area contributed by atoms with Crippen LogP contribution >= 0.6 is 0 Å². The number of hydrogen-bond acceptors (Lipinski definition) is 2. The number of rotatable bonds is 7. The molecule has 0 unspecified atom stereocenters. The van der Waals surface area contributed by atoms with Crippen LogP contribution in [0.2, 0.25) is 0 Å². The topological polar surface area (TPSA) is 38.3 Å². The summed E-state index contributed by atoms with van der Waals surface area (Å²) in [5, 5.41) is 3.05. The SMILES string of the molecule is C=CCc1cc(C(=O)N[C@H](C)c2ccc(CC)cc2)ccc1OC. The van der Waals surface area contributed by atoms with Gasteiger partial charge in [-0.1, -0.05) is 37.3 Å². The van der Waals surface area contributed by atoms with Crippen LogP contribution in [-0.4, -0.2) is 13.0 Å². The number of carbonyl (C=O) groups is 1. The second kappa shape index (κ2) is 8.34. The van der Waals surface area contributed by atoms with Gasteiger partial charge in [0.05, 0.1) is 13.2 Å². The third kappa shape index (κ3) is 4.25. The molecule has 0 heterocycles. The Hall–Kier alpha value is -2.55. The molecule has 0 saturated carbocycles. The zero-order chi connectivity index (χ0) is 17.5. The van der Waals surface area contributed by atoms with Gasteiger partial charge >= 0.3 is 0 Å². The highest BCUT2D eigenvalue weighted by atomic mass is 16.5. The van der Waals surface area contributed by atoms with Gasteiger partial charge in [0.15, 0.2) is 0 Å². The maximum atomic E-state index is 12.5. The number of carbonyl (C=O) groups excluding carboxylic acids is 1. The maximum Gasteiger partial charge on any atom is 0.251 e. The molecule has 0 bridgehead atoms. The van der Waals surface area contributed by atoms with E-state index in [-0.39, 0.29) is 11.9 Å². The van der Waals surface area contributed by atoms with Crippen LogP contribution in [0.1, 0.15) is 46.9 Å². The number of hydrogen-bond donors (Lipinski definition) is 1. The molecule has 126 valence electrons. The van der Waals surface area contributed by atoms with Crippen LogP contribution in [0.4, 0.5) is 0 Å². The van der Waals surface area contributed by atoms with Gasteiger partial charge in [0, 0.05) is 5.56 Å². The number of aryl methyl sites for hydroxylation is 1. The Kier molecular flexibility index (Phi) is 6.19. The van der Waals surface area contributed by atoms with Gasteiger partial charge in [-0.2, -0.15) is 0 Å². The molecule has 0 aliphatic carbocycles. The van der Waals surface area contributed by atoms with Gasteiger partial charge in [0.1, 0.15) is 5.75 Å². The van der Waals surface area contributed by atoms with E-state index in [1.54, 1.807) is 19.3 Å². The number of amides is 1. The maximum absolute atomic E-state index is 12.5. The van der Waals surface area contributed by atoms with Gasteiger partial charge < -0.3 is 10.1 Å². The molecular weight excluding hydrogens is 298 g/mol. The molecule has 24 heavy (non-hydrogen) atoms. The molecule has 3 nitrogen and oxygen atoms in total. The molecular formula is C21H25NO2. The van der Waals surface area contributed by atoms with Gasteiger partial charge in [0.25, 0.3) is 5.91 Å². The van der Waals surface area contributed by atoms with Gasteiger partial charge in [-0.3, -0.25) is 4.79 Å². The van der Waals surface area contributed by atoms with Crippen molar-refractivity contribution in [3.05, 3.63) is 77.4 Å². The first kappa shape index (κ1) is 17.8. The molecule has 3 heteroatoms. The molecule has 0 spiro atoms. The number of methoxy groups -OCH3 is 1. The van der Waals surface area contributed by atoms with E-state index in [9.17, 15) is 4.79 Å². The Morgan fingerprint density at radius 2 is 1.96 bits per heavy atom. The number of nitrogens with one attached hydrogen (secondary N) is 1. The van der Waals surface area contributed by atoms with Crippen molar-refractivity contribution in [2.24, 2.45) is 0 Å². The Morgan fingerprint density at radius 1 is 1.25 bits per heavy atom. The summed E-state index contributed by atoms with van der Waals surface area (Å²) >= 11 is 0. The fourth-order valence-corrected chi connectivity index (χ4v) is 2.64. The van der Waals surface area contributed by atoms with Crippen LogP contribution in [-0.2, 0) is 12.8 Å². The lowest BCUT2D eigenvalue weighted by Crippen LogP contribution is -2.26. The number of allylic oxidation sites excluding steroid dienone is 1. The van der Waals surface area contributed by atoms with Crippen LogP contribution in [0.15, 0.2) is 55.1 Å². The second-order valence-corrected chi connectivity index (χ2v) is 5.81. The summed E-state index contributed by atoms with van der Waals surface area (Å²) < 4.78 is 5.33. The molecule has 0 saturated heterocycles. The summed E-state index contributed by atoms with van der Waals surface area (Å²) in [6, 6.07) is 13.8. The molecule has 0 aliphatic rings. The quantitative estimate of drug-likeness (QED) is 0.763. The monoisotopic (exact) mass is 323 g/mol. The predicted octanol–water partition coefficient (Wildman–Crippen LogP) is 4.48. The van der Waals surface area contributed by atoms with Crippen molar-refractivity contribution in [2.75, 3.05) is 7.11 Å². The molecule has 2 aromatic carbocycles. The van der Waals surface area contributed by atoms with Gasteiger partial charge in [-0.15, -0.1) is 6.58 Å². The Balaban J connectivity index is 2.13. The molecule has 1 amide bonds. The van der Waals surface area contributed by atoms with Crippen LogP contribution in [0, 0.1) is 0 Å². The molecule has 0 radical (unpaired) electrons. The lowest BCUT2D eigenvalue weighted by molar-refractivity contribution is 0.0939. The van der Waals surface area contributed by atoms with E-state index in [4.69, 9.17) is 4.74 Å². The number of benzene rings is 2. The smallest absolute Gasteiger partial charge is 0.251 e. The molecule has 1 atom stereocenters. The summed E-state index contributed by atoms with van der Waals surface area (Å²) in [7, 11) is 1.63. The van der Waals surface area contributed by atoms with Crippen molar-refractivity contribution in [3.8, 4) is 5.75 Å². The van der Waals surface area contributed by atoms with Crippen LogP contribution in [0.25, 0.3) is 0 Å².